The molecule has 1 saturated heterocycles. The molecule has 1 aromatic rings. The third kappa shape index (κ3) is 2.13. The third-order valence-electron chi connectivity index (χ3n) is 5.13. The van der Waals surface area contributed by atoms with Crippen molar-refractivity contribution in [1.29, 1.82) is 0 Å². The van der Waals surface area contributed by atoms with E-state index in [1.807, 2.05) is 12.3 Å². The maximum Gasteiger partial charge on any atom is 0.128 e. The molecule has 3 rings (SSSR count). The van der Waals surface area contributed by atoms with Crippen LogP contribution in [0.1, 0.15) is 39.5 Å². The van der Waals surface area contributed by atoms with E-state index < -0.39 is 0 Å². The highest BCUT2D eigenvalue weighted by Crippen LogP contribution is 2.54. The van der Waals surface area contributed by atoms with E-state index in [0.717, 1.165) is 17.7 Å². The van der Waals surface area contributed by atoms with Gasteiger partial charge in [0.1, 0.15) is 5.82 Å². The minimum atomic E-state index is 0.695. The Morgan fingerprint density at radius 2 is 1.94 bits per heavy atom. The summed E-state index contributed by atoms with van der Waals surface area (Å²) in [7, 11) is 0. The number of anilines is 1. The van der Waals surface area contributed by atoms with Gasteiger partial charge in [0, 0.05) is 19.3 Å². The first kappa shape index (κ1) is 12.0. The van der Waals surface area contributed by atoms with E-state index in [4.69, 9.17) is 0 Å². The molecule has 0 amide bonds. The summed E-state index contributed by atoms with van der Waals surface area (Å²) in [6.07, 6.45) is 7.58. The zero-order valence-corrected chi connectivity index (χ0v) is 11.6. The van der Waals surface area contributed by atoms with Crippen LogP contribution < -0.4 is 4.90 Å². The first-order chi connectivity index (χ1) is 8.69. The van der Waals surface area contributed by atoms with Crippen molar-refractivity contribution in [1.82, 2.24) is 4.98 Å². The van der Waals surface area contributed by atoms with Crippen molar-refractivity contribution in [3.63, 3.8) is 0 Å². The molecule has 0 radical (unpaired) electrons. The molecule has 2 heteroatoms. The Morgan fingerprint density at radius 1 is 1.22 bits per heavy atom. The van der Waals surface area contributed by atoms with Crippen LogP contribution in [0.25, 0.3) is 0 Å². The standard InChI is InChI=1S/C16H24N2/c1-13(2)14-11-16(12-14)6-9-18(10-7-16)15-5-3-4-8-17-15/h3-5,8,13-14H,6-7,9-12H2,1-2H3. The molecule has 1 aliphatic carbocycles. The van der Waals surface area contributed by atoms with Gasteiger partial charge in [-0.1, -0.05) is 19.9 Å². The molecule has 0 N–H and O–H groups in total. The van der Waals surface area contributed by atoms with Crippen LogP contribution in [0.3, 0.4) is 0 Å². The number of pyridine rings is 1. The average Bonchev–Trinajstić information content (AvgIpc) is 2.37. The highest BCUT2D eigenvalue weighted by Gasteiger charge is 2.46. The number of aromatic nitrogens is 1. The molecule has 98 valence electrons. The molecule has 18 heavy (non-hydrogen) atoms. The molecular formula is C16H24N2. The van der Waals surface area contributed by atoms with Crippen LogP contribution in [0.15, 0.2) is 24.4 Å². The summed E-state index contributed by atoms with van der Waals surface area (Å²) in [5.74, 6) is 3.03. The lowest BCUT2D eigenvalue weighted by atomic mass is 9.55. The molecule has 2 aliphatic rings. The lowest BCUT2D eigenvalue weighted by molar-refractivity contribution is 0.00321. The Balaban J connectivity index is 1.57. The average molecular weight is 244 g/mol. The fourth-order valence-electron chi connectivity index (χ4n) is 3.68. The summed E-state index contributed by atoms with van der Waals surface area (Å²) in [6.45, 7) is 7.14. The SMILES string of the molecule is CC(C)C1CC2(CCN(c3ccccn3)CC2)C1. The summed E-state index contributed by atoms with van der Waals surface area (Å²) < 4.78 is 0. The van der Waals surface area contributed by atoms with Crippen molar-refractivity contribution in [2.45, 2.75) is 39.5 Å². The smallest absolute Gasteiger partial charge is 0.128 e. The fraction of sp³-hybridized carbons (Fsp3) is 0.688. The Hall–Kier alpha value is -1.05. The van der Waals surface area contributed by atoms with Crippen molar-refractivity contribution < 1.29 is 0 Å². The van der Waals surface area contributed by atoms with Crippen molar-refractivity contribution in [3.05, 3.63) is 24.4 Å². The van der Waals surface area contributed by atoms with Crippen LogP contribution >= 0.6 is 0 Å². The second-order valence-electron chi connectivity index (χ2n) is 6.59. The molecule has 1 aliphatic heterocycles. The molecule has 0 atom stereocenters. The summed E-state index contributed by atoms with van der Waals surface area (Å²) >= 11 is 0. The first-order valence-electron chi connectivity index (χ1n) is 7.35. The number of piperidine rings is 1. The number of hydrogen-bond donors (Lipinski definition) is 0. The Kier molecular flexibility index (Phi) is 3.04. The first-order valence-corrected chi connectivity index (χ1v) is 7.35. The van der Waals surface area contributed by atoms with Crippen LogP contribution in [0.4, 0.5) is 5.82 Å². The van der Waals surface area contributed by atoms with Crippen molar-refractivity contribution in [2.75, 3.05) is 18.0 Å². The van der Waals surface area contributed by atoms with E-state index in [9.17, 15) is 0 Å². The Labute approximate surface area is 110 Å². The van der Waals surface area contributed by atoms with Gasteiger partial charge in [-0.05, 0) is 55.1 Å². The molecule has 2 heterocycles. The van der Waals surface area contributed by atoms with Gasteiger partial charge < -0.3 is 4.90 Å². The van der Waals surface area contributed by atoms with Crippen molar-refractivity contribution in [3.8, 4) is 0 Å². The minimum Gasteiger partial charge on any atom is -0.357 e. The van der Waals surface area contributed by atoms with Gasteiger partial charge in [-0.2, -0.15) is 0 Å². The van der Waals surface area contributed by atoms with E-state index in [2.05, 4.69) is 35.9 Å². The van der Waals surface area contributed by atoms with Gasteiger partial charge >= 0.3 is 0 Å². The molecule has 0 unspecified atom stereocenters. The highest BCUT2D eigenvalue weighted by atomic mass is 15.2. The predicted molar refractivity (Wildman–Crippen MR) is 75.7 cm³/mol. The van der Waals surface area contributed by atoms with Crippen LogP contribution in [0.2, 0.25) is 0 Å². The molecule has 0 bridgehead atoms. The van der Waals surface area contributed by atoms with E-state index >= 15 is 0 Å². The molecule has 1 spiro atoms. The highest BCUT2D eigenvalue weighted by molar-refractivity contribution is 5.38. The van der Waals surface area contributed by atoms with Gasteiger partial charge in [0.25, 0.3) is 0 Å². The maximum absolute atomic E-state index is 4.46. The molecule has 0 aromatic carbocycles. The Morgan fingerprint density at radius 3 is 2.50 bits per heavy atom. The summed E-state index contributed by atoms with van der Waals surface area (Å²) in [5.41, 5.74) is 0.695. The topological polar surface area (TPSA) is 16.1 Å². The van der Waals surface area contributed by atoms with E-state index in [-0.39, 0.29) is 0 Å². The summed E-state index contributed by atoms with van der Waals surface area (Å²) in [6, 6.07) is 6.22. The van der Waals surface area contributed by atoms with E-state index in [1.54, 1.807) is 0 Å². The molecule has 2 nitrogen and oxygen atoms in total. The van der Waals surface area contributed by atoms with Gasteiger partial charge in [-0.15, -0.1) is 0 Å². The summed E-state index contributed by atoms with van der Waals surface area (Å²) in [4.78, 5) is 6.92. The van der Waals surface area contributed by atoms with Gasteiger partial charge in [0.15, 0.2) is 0 Å². The zero-order chi connectivity index (χ0) is 12.6. The largest absolute Gasteiger partial charge is 0.357 e. The van der Waals surface area contributed by atoms with Crippen LogP contribution in [-0.2, 0) is 0 Å². The Bertz CT molecular complexity index is 383. The molecular weight excluding hydrogens is 220 g/mol. The third-order valence-corrected chi connectivity index (χ3v) is 5.13. The van der Waals surface area contributed by atoms with Crippen molar-refractivity contribution in [2.24, 2.45) is 17.3 Å². The molecule has 1 saturated carbocycles. The second kappa shape index (κ2) is 4.56. The van der Waals surface area contributed by atoms with Gasteiger partial charge in [0.2, 0.25) is 0 Å². The fourth-order valence-corrected chi connectivity index (χ4v) is 3.68. The number of hydrogen-bond acceptors (Lipinski definition) is 2. The van der Waals surface area contributed by atoms with Gasteiger partial charge in [-0.3, -0.25) is 0 Å². The van der Waals surface area contributed by atoms with Crippen LogP contribution in [-0.4, -0.2) is 18.1 Å². The predicted octanol–water partition coefficient (Wildman–Crippen LogP) is 3.73. The van der Waals surface area contributed by atoms with Gasteiger partial charge in [0.05, 0.1) is 0 Å². The zero-order valence-electron chi connectivity index (χ0n) is 11.6. The lowest BCUT2D eigenvalue weighted by Crippen LogP contribution is -2.48. The monoisotopic (exact) mass is 244 g/mol. The molecule has 1 aromatic heterocycles. The van der Waals surface area contributed by atoms with Crippen molar-refractivity contribution >= 4 is 5.82 Å². The van der Waals surface area contributed by atoms with Gasteiger partial charge in [-0.25, -0.2) is 4.98 Å². The maximum atomic E-state index is 4.46. The van der Waals surface area contributed by atoms with E-state index in [0.29, 0.717) is 5.41 Å². The number of nitrogens with zero attached hydrogens (tertiary/aromatic N) is 2. The van der Waals surface area contributed by atoms with E-state index in [1.165, 1.54) is 38.8 Å². The second-order valence-corrected chi connectivity index (χ2v) is 6.59. The number of rotatable bonds is 2. The molecule has 2 fully saturated rings. The normalized spacial score (nSPS) is 23.4. The minimum absolute atomic E-state index is 0.695. The summed E-state index contributed by atoms with van der Waals surface area (Å²) in [5, 5.41) is 0. The van der Waals surface area contributed by atoms with Crippen LogP contribution in [0.5, 0.6) is 0 Å². The van der Waals surface area contributed by atoms with Crippen LogP contribution in [0, 0.1) is 17.3 Å². The quantitative estimate of drug-likeness (QED) is 0.788. The lowest BCUT2D eigenvalue weighted by Gasteiger charge is -2.54.